The molecule has 0 unspecified atom stereocenters. The fraction of sp³-hybridized carbons (Fsp3) is 0.0345. The molecule has 35 heavy (non-hydrogen) atoms. The average molecular weight is 483 g/mol. The van der Waals surface area contributed by atoms with Crippen LogP contribution in [0.1, 0.15) is 21.5 Å². The van der Waals surface area contributed by atoms with Crippen LogP contribution >= 0.6 is 11.8 Å². The maximum Gasteiger partial charge on any atom is 0.272 e. The molecule has 0 aliphatic heterocycles. The van der Waals surface area contributed by atoms with Crippen LogP contribution in [0, 0.1) is 5.82 Å². The number of amides is 2. The summed E-state index contributed by atoms with van der Waals surface area (Å²) >= 11 is 1.69. The van der Waals surface area contributed by atoms with Crippen LogP contribution in [0.25, 0.3) is 6.08 Å². The largest absolute Gasteiger partial charge is 0.321 e. The second-order valence-electron chi connectivity index (χ2n) is 7.65. The fourth-order valence-corrected chi connectivity index (χ4v) is 4.12. The van der Waals surface area contributed by atoms with Crippen molar-refractivity contribution >= 4 is 35.3 Å². The zero-order chi connectivity index (χ0) is 24.5. The van der Waals surface area contributed by atoms with E-state index in [0.717, 1.165) is 10.6 Å². The molecule has 4 aromatic carbocycles. The lowest BCUT2D eigenvalue weighted by atomic mass is 10.1. The van der Waals surface area contributed by atoms with Gasteiger partial charge >= 0.3 is 0 Å². The molecule has 0 heterocycles. The normalized spacial score (nSPS) is 11.1. The van der Waals surface area contributed by atoms with Gasteiger partial charge < -0.3 is 10.6 Å². The number of rotatable bonds is 8. The molecular formula is C29H23FN2O2S. The van der Waals surface area contributed by atoms with Crippen molar-refractivity contribution in [2.75, 3.05) is 5.32 Å². The van der Waals surface area contributed by atoms with Crippen LogP contribution in [0.15, 0.2) is 120 Å². The van der Waals surface area contributed by atoms with E-state index < -0.39 is 17.6 Å². The van der Waals surface area contributed by atoms with Crippen LogP contribution in [-0.4, -0.2) is 11.8 Å². The molecule has 4 nitrogen and oxygen atoms in total. The quantitative estimate of drug-likeness (QED) is 0.222. The van der Waals surface area contributed by atoms with Crippen LogP contribution in [-0.2, 0) is 10.5 Å². The Balaban J connectivity index is 1.48. The molecule has 0 atom stereocenters. The van der Waals surface area contributed by atoms with Crippen LogP contribution < -0.4 is 10.6 Å². The zero-order valence-corrected chi connectivity index (χ0v) is 19.6. The smallest absolute Gasteiger partial charge is 0.272 e. The highest BCUT2D eigenvalue weighted by molar-refractivity contribution is 7.98. The molecule has 4 aromatic rings. The summed E-state index contributed by atoms with van der Waals surface area (Å²) in [6.07, 6.45) is 1.33. The molecular weight excluding hydrogens is 459 g/mol. The third-order valence-electron chi connectivity index (χ3n) is 5.09. The highest BCUT2D eigenvalue weighted by Crippen LogP contribution is 2.24. The maximum absolute atomic E-state index is 14.2. The molecule has 0 aromatic heterocycles. The van der Waals surface area contributed by atoms with Gasteiger partial charge in [-0.2, -0.15) is 0 Å². The standard InChI is InChI=1S/C29H23FN2O2S/c30-26-14-8-7-13-23(26)19-27(32-28(33)22-11-5-2-6-12-22)29(34)31-24-15-17-25(18-16-24)35-20-21-9-3-1-4-10-21/h1-19H,20H2,(H,31,34)(H,32,33)/b27-19-. The predicted octanol–water partition coefficient (Wildman–Crippen LogP) is 6.53. The molecule has 2 amide bonds. The Labute approximate surface area is 207 Å². The molecule has 0 saturated heterocycles. The van der Waals surface area contributed by atoms with Crippen molar-refractivity contribution in [3.63, 3.8) is 0 Å². The van der Waals surface area contributed by atoms with Crippen molar-refractivity contribution in [3.05, 3.63) is 137 Å². The molecule has 0 saturated carbocycles. The van der Waals surface area contributed by atoms with E-state index in [1.807, 2.05) is 30.3 Å². The number of nitrogens with one attached hydrogen (secondary N) is 2. The molecule has 4 rings (SSSR count). The van der Waals surface area contributed by atoms with Gasteiger partial charge in [-0.1, -0.05) is 66.7 Å². The van der Waals surface area contributed by atoms with Crippen LogP contribution in [0.4, 0.5) is 10.1 Å². The molecule has 6 heteroatoms. The van der Waals surface area contributed by atoms with Gasteiger partial charge in [0.15, 0.2) is 0 Å². The molecule has 2 N–H and O–H groups in total. The van der Waals surface area contributed by atoms with Gasteiger partial charge in [-0.05, 0) is 54.1 Å². The Bertz CT molecular complexity index is 1320. The number of hydrogen-bond donors (Lipinski definition) is 2. The van der Waals surface area contributed by atoms with E-state index in [0.29, 0.717) is 11.3 Å². The van der Waals surface area contributed by atoms with Gasteiger partial charge in [-0.15, -0.1) is 11.8 Å². The first-order valence-corrected chi connectivity index (χ1v) is 12.0. The number of anilines is 1. The minimum atomic E-state index is -0.553. The van der Waals surface area contributed by atoms with Gasteiger partial charge in [-0.25, -0.2) is 4.39 Å². The summed E-state index contributed by atoms with van der Waals surface area (Å²) < 4.78 is 14.2. The fourth-order valence-electron chi connectivity index (χ4n) is 3.26. The lowest BCUT2D eigenvalue weighted by Gasteiger charge is -2.12. The van der Waals surface area contributed by atoms with Crippen molar-refractivity contribution in [1.29, 1.82) is 0 Å². The Hall–Kier alpha value is -4.16. The second-order valence-corrected chi connectivity index (χ2v) is 8.70. The molecule has 0 radical (unpaired) electrons. The molecule has 0 aliphatic carbocycles. The Morgan fingerprint density at radius 3 is 2.09 bits per heavy atom. The first-order chi connectivity index (χ1) is 17.1. The van der Waals surface area contributed by atoms with Gasteiger partial charge in [-0.3, -0.25) is 9.59 Å². The van der Waals surface area contributed by atoms with E-state index in [9.17, 15) is 14.0 Å². The SMILES string of the molecule is O=C(Nc1ccc(SCc2ccccc2)cc1)/C(=C/c1ccccc1F)NC(=O)c1ccccc1. The first-order valence-electron chi connectivity index (χ1n) is 11.0. The third kappa shape index (κ3) is 6.91. The number of thioether (sulfide) groups is 1. The summed E-state index contributed by atoms with van der Waals surface area (Å²) in [6.45, 7) is 0. The highest BCUT2D eigenvalue weighted by Gasteiger charge is 2.16. The predicted molar refractivity (Wildman–Crippen MR) is 139 cm³/mol. The number of benzene rings is 4. The molecule has 0 spiro atoms. The lowest BCUT2D eigenvalue weighted by molar-refractivity contribution is -0.113. The number of carbonyl (C=O) groups excluding carboxylic acids is 2. The highest BCUT2D eigenvalue weighted by atomic mass is 32.2. The first kappa shape index (κ1) is 24.0. The third-order valence-corrected chi connectivity index (χ3v) is 6.18. The van der Waals surface area contributed by atoms with E-state index in [4.69, 9.17) is 0 Å². The van der Waals surface area contributed by atoms with Crippen molar-refractivity contribution in [1.82, 2.24) is 5.32 Å². The summed E-state index contributed by atoms with van der Waals surface area (Å²) in [4.78, 5) is 26.8. The number of halogens is 1. The van der Waals surface area contributed by atoms with Gasteiger partial charge in [0.1, 0.15) is 11.5 Å². The van der Waals surface area contributed by atoms with E-state index in [-0.39, 0.29) is 11.3 Å². The molecule has 0 bridgehead atoms. The lowest BCUT2D eigenvalue weighted by Crippen LogP contribution is -2.30. The minimum Gasteiger partial charge on any atom is -0.321 e. The van der Waals surface area contributed by atoms with Crippen molar-refractivity contribution in [2.45, 2.75) is 10.6 Å². The van der Waals surface area contributed by atoms with E-state index in [2.05, 4.69) is 22.8 Å². The van der Waals surface area contributed by atoms with Crippen LogP contribution in [0.2, 0.25) is 0 Å². The van der Waals surface area contributed by atoms with Gasteiger partial charge in [0.25, 0.3) is 11.8 Å². The van der Waals surface area contributed by atoms with Crippen molar-refractivity contribution in [2.24, 2.45) is 0 Å². The van der Waals surface area contributed by atoms with Gasteiger partial charge in [0.05, 0.1) is 0 Å². The molecule has 0 fully saturated rings. The molecule has 174 valence electrons. The van der Waals surface area contributed by atoms with Crippen LogP contribution in [0.3, 0.4) is 0 Å². The Kier molecular flexibility index (Phi) is 8.09. The second kappa shape index (κ2) is 11.8. The minimum absolute atomic E-state index is 0.0634. The van der Waals surface area contributed by atoms with Crippen molar-refractivity contribution < 1.29 is 14.0 Å². The topological polar surface area (TPSA) is 58.2 Å². The summed E-state index contributed by atoms with van der Waals surface area (Å²) in [6, 6.07) is 32.2. The van der Waals surface area contributed by atoms with E-state index >= 15 is 0 Å². The monoisotopic (exact) mass is 482 g/mol. The maximum atomic E-state index is 14.2. The number of hydrogen-bond acceptors (Lipinski definition) is 3. The van der Waals surface area contributed by atoms with Gasteiger partial charge in [0, 0.05) is 27.5 Å². The van der Waals surface area contributed by atoms with E-state index in [1.165, 1.54) is 23.8 Å². The summed E-state index contributed by atoms with van der Waals surface area (Å²) in [5.74, 6) is -0.669. The molecule has 0 aliphatic rings. The average Bonchev–Trinajstić information content (AvgIpc) is 2.90. The summed E-state index contributed by atoms with van der Waals surface area (Å²) in [5, 5.41) is 5.40. The number of carbonyl (C=O) groups is 2. The Morgan fingerprint density at radius 2 is 1.40 bits per heavy atom. The summed E-state index contributed by atoms with van der Waals surface area (Å²) in [7, 11) is 0. The summed E-state index contributed by atoms with van der Waals surface area (Å²) in [5.41, 5.74) is 2.31. The van der Waals surface area contributed by atoms with Crippen molar-refractivity contribution in [3.8, 4) is 0 Å². The zero-order valence-electron chi connectivity index (χ0n) is 18.8. The van der Waals surface area contributed by atoms with E-state index in [1.54, 1.807) is 66.4 Å². The Morgan fingerprint density at radius 1 is 0.771 bits per heavy atom. The van der Waals surface area contributed by atoms with Crippen LogP contribution in [0.5, 0.6) is 0 Å². The van der Waals surface area contributed by atoms with Gasteiger partial charge in [0.2, 0.25) is 0 Å².